The molecular weight excluding hydrogens is 244 g/mol. The quantitative estimate of drug-likeness (QED) is 0.888. The molecule has 0 amide bonds. The number of hydrogen-bond acceptors (Lipinski definition) is 5. The van der Waals surface area contributed by atoms with Crippen LogP contribution in [0.4, 0.5) is 5.82 Å². The zero-order valence-corrected chi connectivity index (χ0v) is 11.4. The fourth-order valence-corrected chi connectivity index (χ4v) is 3.31. The fraction of sp³-hybridized carbons (Fsp3) is 0.538. The van der Waals surface area contributed by atoms with E-state index in [4.69, 9.17) is 0 Å². The summed E-state index contributed by atoms with van der Waals surface area (Å²) < 4.78 is 0. The van der Waals surface area contributed by atoms with Crippen LogP contribution in [-0.4, -0.2) is 29.1 Å². The van der Waals surface area contributed by atoms with Crippen LogP contribution in [0.15, 0.2) is 12.4 Å². The van der Waals surface area contributed by atoms with Crippen LogP contribution in [0.2, 0.25) is 0 Å². The van der Waals surface area contributed by atoms with Crippen molar-refractivity contribution in [2.45, 2.75) is 32.2 Å². The lowest BCUT2D eigenvalue weighted by Gasteiger charge is -2.12. The van der Waals surface area contributed by atoms with Crippen molar-refractivity contribution in [3.05, 3.63) is 17.3 Å². The van der Waals surface area contributed by atoms with E-state index >= 15 is 0 Å². The molecule has 0 aliphatic carbocycles. The average molecular weight is 262 g/mol. The molecule has 96 valence electrons. The van der Waals surface area contributed by atoms with E-state index in [1.165, 1.54) is 17.7 Å². The minimum atomic E-state index is 0.583. The van der Waals surface area contributed by atoms with Gasteiger partial charge >= 0.3 is 0 Å². The number of nitrogens with one attached hydrogen (secondary N) is 2. The standard InChI is InChI=1S/C13H18N4S/c1-2-10-6-11-12(16-8-17-13(11)18-10)15-7-9-4-3-5-14-9/h6,8-9,14H,2-5,7H2,1H3,(H,15,16,17). The van der Waals surface area contributed by atoms with Crippen molar-refractivity contribution < 1.29 is 0 Å². The number of rotatable bonds is 4. The second kappa shape index (κ2) is 5.20. The van der Waals surface area contributed by atoms with Crippen molar-refractivity contribution in [3.63, 3.8) is 0 Å². The molecule has 1 aliphatic rings. The fourth-order valence-electron chi connectivity index (χ4n) is 2.37. The van der Waals surface area contributed by atoms with E-state index in [0.29, 0.717) is 6.04 Å². The average Bonchev–Trinajstić information content (AvgIpc) is 3.04. The Kier molecular flexibility index (Phi) is 3.43. The molecule has 2 aromatic rings. The minimum Gasteiger partial charge on any atom is -0.368 e. The molecule has 4 nitrogen and oxygen atoms in total. The van der Waals surface area contributed by atoms with Gasteiger partial charge in [0.25, 0.3) is 0 Å². The molecule has 18 heavy (non-hydrogen) atoms. The lowest BCUT2D eigenvalue weighted by Crippen LogP contribution is -2.29. The first-order chi connectivity index (χ1) is 8.86. The summed E-state index contributed by atoms with van der Waals surface area (Å²) in [5, 5.41) is 8.11. The molecular formula is C13H18N4S. The molecule has 0 bridgehead atoms. The largest absolute Gasteiger partial charge is 0.368 e. The maximum atomic E-state index is 4.37. The number of hydrogen-bond donors (Lipinski definition) is 2. The number of fused-ring (bicyclic) bond motifs is 1. The van der Waals surface area contributed by atoms with Crippen LogP contribution in [0, 0.1) is 0 Å². The van der Waals surface area contributed by atoms with E-state index in [2.05, 4.69) is 33.6 Å². The highest BCUT2D eigenvalue weighted by Gasteiger charge is 2.14. The lowest BCUT2D eigenvalue weighted by molar-refractivity contribution is 0.633. The Balaban J connectivity index is 1.79. The Morgan fingerprint density at radius 3 is 3.22 bits per heavy atom. The zero-order valence-electron chi connectivity index (χ0n) is 10.6. The molecule has 0 saturated carbocycles. The van der Waals surface area contributed by atoms with Gasteiger partial charge in [0.05, 0.1) is 5.39 Å². The van der Waals surface area contributed by atoms with Crippen molar-refractivity contribution in [2.24, 2.45) is 0 Å². The lowest BCUT2D eigenvalue weighted by atomic mass is 10.2. The van der Waals surface area contributed by atoms with E-state index in [9.17, 15) is 0 Å². The van der Waals surface area contributed by atoms with Gasteiger partial charge in [0.2, 0.25) is 0 Å². The summed E-state index contributed by atoms with van der Waals surface area (Å²) >= 11 is 1.76. The van der Waals surface area contributed by atoms with Crippen molar-refractivity contribution in [1.29, 1.82) is 0 Å². The van der Waals surface area contributed by atoms with Crippen molar-refractivity contribution >= 4 is 27.4 Å². The summed E-state index contributed by atoms with van der Waals surface area (Å²) in [5.74, 6) is 0.977. The number of nitrogens with zero attached hydrogens (tertiary/aromatic N) is 2. The zero-order chi connectivity index (χ0) is 12.4. The highest BCUT2D eigenvalue weighted by molar-refractivity contribution is 7.18. The van der Waals surface area contributed by atoms with Gasteiger partial charge in [-0.25, -0.2) is 9.97 Å². The summed E-state index contributed by atoms with van der Waals surface area (Å²) in [6, 6.07) is 2.80. The molecule has 3 rings (SSSR count). The SMILES string of the molecule is CCc1cc2c(NCC3CCCN3)ncnc2s1. The minimum absolute atomic E-state index is 0.583. The summed E-state index contributed by atoms with van der Waals surface area (Å²) in [4.78, 5) is 11.2. The van der Waals surface area contributed by atoms with E-state index < -0.39 is 0 Å². The molecule has 1 saturated heterocycles. The summed E-state index contributed by atoms with van der Waals surface area (Å²) in [7, 11) is 0. The van der Waals surface area contributed by atoms with Gasteiger partial charge in [-0.15, -0.1) is 11.3 Å². The van der Waals surface area contributed by atoms with E-state index in [0.717, 1.165) is 35.5 Å². The number of anilines is 1. The van der Waals surface area contributed by atoms with Gasteiger partial charge in [0.1, 0.15) is 17.0 Å². The molecule has 1 aliphatic heterocycles. The normalized spacial score (nSPS) is 19.5. The molecule has 0 aromatic carbocycles. The summed E-state index contributed by atoms with van der Waals surface area (Å²) in [6.45, 7) is 4.26. The molecule has 3 heterocycles. The number of aromatic nitrogens is 2. The van der Waals surface area contributed by atoms with Crippen molar-refractivity contribution in [1.82, 2.24) is 15.3 Å². The molecule has 0 radical (unpaired) electrons. The van der Waals surface area contributed by atoms with Gasteiger partial charge < -0.3 is 10.6 Å². The van der Waals surface area contributed by atoms with Gasteiger partial charge in [-0.3, -0.25) is 0 Å². The maximum absolute atomic E-state index is 4.37. The molecule has 0 spiro atoms. The van der Waals surface area contributed by atoms with E-state index in [1.807, 2.05) is 0 Å². The smallest absolute Gasteiger partial charge is 0.138 e. The Morgan fingerprint density at radius 1 is 1.50 bits per heavy atom. The molecule has 2 aromatic heterocycles. The second-order valence-electron chi connectivity index (χ2n) is 4.68. The van der Waals surface area contributed by atoms with Gasteiger partial charge in [0, 0.05) is 17.5 Å². The van der Waals surface area contributed by atoms with Gasteiger partial charge in [-0.05, 0) is 31.9 Å². The third kappa shape index (κ3) is 2.33. The monoisotopic (exact) mass is 262 g/mol. The Morgan fingerprint density at radius 2 is 2.44 bits per heavy atom. The van der Waals surface area contributed by atoms with Crippen LogP contribution in [0.3, 0.4) is 0 Å². The van der Waals surface area contributed by atoms with Gasteiger partial charge in [-0.1, -0.05) is 6.92 Å². The first kappa shape index (κ1) is 11.9. The Bertz CT molecular complexity index is 531. The predicted molar refractivity (Wildman–Crippen MR) is 76.3 cm³/mol. The van der Waals surface area contributed by atoms with Crippen LogP contribution in [0.5, 0.6) is 0 Å². The Labute approximate surface area is 111 Å². The van der Waals surface area contributed by atoms with Crippen LogP contribution in [0.25, 0.3) is 10.2 Å². The van der Waals surface area contributed by atoms with Crippen molar-refractivity contribution in [3.8, 4) is 0 Å². The topological polar surface area (TPSA) is 49.8 Å². The van der Waals surface area contributed by atoms with E-state index in [1.54, 1.807) is 17.7 Å². The van der Waals surface area contributed by atoms with Gasteiger partial charge in [-0.2, -0.15) is 0 Å². The molecule has 1 fully saturated rings. The van der Waals surface area contributed by atoms with Crippen LogP contribution in [-0.2, 0) is 6.42 Å². The molecule has 2 N–H and O–H groups in total. The summed E-state index contributed by atoms with van der Waals surface area (Å²) in [6.07, 6.45) is 5.25. The highest BCUT2D eigenvalue weighted by Crippen LogP contribution is 2.28. The van der Waals surface area contributed by atoms with E-state index in [-0.39, 0.29) is 0 Å². The first-order valence-electron chi connectivity index (χ1n) is 6.57. The second-order valence-corrected chi connectivity index (χ2v) is 5.80. The third-order valence-corrected chi connectivity index (χ3v) is 4.59. The summed E-state index contributed by atoms with van der Waals surface area (Å²) in [5.41, 5.74) is 0. The van der Waals surface area contributed by atoms with Crippen molar-refractivity contribution in [2.75, 3.05) is 18.4 Å². The number of thiophene rings is 1. The van der Waals surface area contributed by atoms with Gasteiger partial charge in [0.15, 0.2) is 0 Å². The highest BCUT2D eigenvalue weighted by atomic mass is 32.1. The molecule has 1 atom stereocenters. The van der Waals surface area contributed by atoms with Crippen LogP contribution in [0.1, 0.15) is 24.6 Å². The predicted octanol–water partition coefficient (Wildman–Crippen LogP) is 2.42. The number of aryl methyl sites for hydroxylation is 1. The maximum Gasteiger partial charge on any atom is 0.138 e. The van der Waals surface area contributed by atoms with Crippen LogP contribution >= 0.6 is 11.3 Å². The Hall–Kier alpha value is -1.20. The van der Waals surface area contributed by atoms with Crippen LogP contribution < -0.4 is 10.6 Å². The first-order valence-corrected chi connectivity index (χ1v) is 7.39. The molecule has 5 heteroatoms. The molecule has 1 unspecified atom stereocenters. The third-order valence-electron chi connectivity index (χ3n) is 3.41.